The van der Waals surface area contributed by atoms with Gasteiger partial charge < -0.3 is 24.6 Å². The monoisotopic (exact) mass is 400 g/mol. The van der Waals surface area contributed by atoms with Crippen LogP contribution in [0.15, 0.2) is 12.2 Å². The molecule has 9 nitrogen and oxygen atoms in total. The zero-order valence-corrected chi connectivity index (χ0v) is 17.0. The third kappa shape index (κ3) is 8.37. The summed E-state index contributed by atoms with van der Waals surface area (Å²) in [4.78, 5) is 36.7. The molecule has 0 bridgehead atoms. The Morgan fingerprint density at radius 2 is 1.96 bits per heavy atom. The van der Waals surface area contributed by atoms with E-state index >= 15 is 0 Å². The van der Waals surface area contributed by atoms with Crippen molar-refractivity contribution in [1.29, 1.82) is 0 Å². The third-order valence-electron chi connectivity index (χ3n) is 4.32. The van der Waals surface area contributed by atoms with Gasteiger partial charge in [-0.25, -0.2) is 4.79 Å². The molecule has 160 valence electrons. The molecule has 0 aromatic rings. The average Bonchev–Trinajstić information content (AvgIpc) is 2.65. The minimum Gasteiger partial charge on any atom is -0.457 e. The maximum absolute atomic E-state index is 12.5. The number of aliphatic hydroxyl groups is 1. The molecule has 1 amide bonds. The molecule has 5 unspecified atom stereocenters. The van der Waals surface area contributed by atoms with Gasteiger partial charge in [0.05, 0.1) is 18.6 Å². The van der Waals surface area contributed by atoms with Crippen molar-refractivity contribution in [3.8, 4) is 0 Å². The van der Waals surface area contributed by atoms with E-state index in [9.17, 15) is 19.5 Å². The molecule has 0 fully saturated rings. The number of nitrogens with one attached hydrogen (secondary N) is 2. The van der Waals surface area contributed by atoms with Crippen LogP contribution in [-0.4, -0.2) is 67.7 Å². The molecule has 5 atom stereocenters. The smallest absolute Gasteiger partial charge is 0.347 e. The van der Waals surface area contributed by atoms with Crippen molar-refractivity contribution in [3.05, 3.63) is 12.2 Å². The lowest BCUT2D eigenvalue weighted by Gasteiger charge is -2.25. The maximum atomic E-state index is 12.5. The summed E-state index contributed by atoms with van der Waals surface area (Å²) < 4.78 is 16.0. The number of rotatable bonds is 4. The van der Waals surface area contributed by atoms with E-state index < -0.39 is 42.4 Å². The molecular formula is C19H32N2O7. The number of hydrogen-bond donors (Lipinski definition) is 3. The lowest BCUT2D eigenvalue weighted by atomic mass is 10.1. The Labute approximate surface area is 165 Å². The Morgan fingerprint density at radius 3 is 2.57 bits per heavy atom. The number of aliphatic hydroxyl groups excluding tert-OH is 1. The molecule has 0 aliphatic carbocycles. The van der Waals surface area contributed by atoms with Crippen LogP contribution >= 0.6 is 0 Å². The standard InChI is InChI=1S/C19H32N2O7/c1-5-7-15-19(25)27-14(13(3)22)8-6-9-16(23)20-11-17(26-4)21-10-12(2)18(24)28-15/h6,9,12-15,17,21-22H,5,7-8,10-11H2,1-4H3,(H,20,23). The Bertz CT molecular complexity index is 550. The number of ether oxygens (including phenoxy) is 3. The first kappa shape index (κ1) is 24.1. The highest BCUT2D eigenvalue weighted by Gasteiger charge is 2.30. The lowest BCUT2D eigenvalue weighted by molar-refractivity contribution is -0.177. The molecule has 0 aromatic carbocycles. The van der Waals surface area contributed by atoms with Gasteiger partial charge in [0.1, 0.15) is 12.3 Å². The highest BCUT2D eigenvalue weighted by atomic mass is 16.6. The molecule has 0 spiro atoms. The number of esters is 2. The van der Waals surface area contributed by atoms with E-state index in [-0.39, 0.29) is 25.4 Å². The van der Waals surface area contributed by atoms with Gasteiger partial charge in [-0.1, -0.05) is 26.3 Å². The molecule has 1 aliphatic rings. The summed E-state index contributed by atoms with van der Waals surface area (Å²) in [5, 5.41) is 15.6. The number of amides is 1. The fourth-order valence-electron chi connectivity index (χ4n) is 2.50. The molecule has 1 rings (SSSR count). The van der Waals surface area contributed by atoms with Gasteiger partial charge in [0, 0.05) is 20.1 Å². The summed E-state index contributed by atoms with van der Waals surface area (Å²) in [6, 6.07) is 0. The van der Waals surface area contributed by atoms with Crippen LogP contribution in [0.4, 0.5) is 0 Å². The highest BCUT2D eigenvalue weighted by molar-refractivity contribution is 5.87. The van der Waals surface area contributed by atoms with E-state index in [0.29, 0.717) is 12.8 Å². The fourth-order valence-corrected chi connectivity index (χ4v) is 2.50. The van der Waals surface area contributed by atoms with Gasteiger partial charge in [-0.3, -0.25) is 14.9 Å². The normalized spacial score (nSPS) is 29.5. The van der Waals surface area contributed by atoms with Crippen molar-refractivity contribution >= 4 is 17.8 Å². The van der Waals surface area contributed by atoms with Crippen LogP contribution in [0.3, 0.4) is 0 Å². The van der Waals surface area contributed by atoms with Crippen LogP contribution in [0, 0.1) is 5.92 Å². The molecule has 28 heavy (non-hydrogen) atoms. The SMILES string of the molecule is CCCC1OC(=O)C(C)CNC(OC)CNC(=O)C=CCC(C(C)O)OC1=O. The van der Waals surface area contributed by atoms with Crippen molar-refractivity contribution in [2.24, 2.45) is 5.92 Å². The molecule has 0 radical (unpaired) electrons. The number of cyclic esters (lactones) is 2. The summed E-state index contributed by atoms with van der Waals surface area (Å²) in [5.74, 6) is -2.13. The minimum atomic E-state index is -1.04. The number of carbonyl (C=O) groups excluding carboxylic acids is 3. The molecule has 0 saturated carbocycles. The van der Waals surface area contributed by atoms with Gasteiger partial charge in [0.25, 0.3) is 0 Å². The minimum absolute atomic E-state index is 0.145. The van der Waals surface area contributed by atoms with Crippen LogP contribution in [-0.2, 0) is 28.6 Å². The van der Waals surface area contributed by atoms with Gasteiger partial charge in [-0.2, -0.15) is 0 Å². The van der Waals surface area contributed by atoms with E-state index in [4.69, 9.17) is 14.2 Å². The molecule has 0 saturated heterocycles. The molecule has 0 aromatic heterocycles. The molecular weight excluding hydrogens is 368 g/mol. The second-order valence-electron chi connectivity index (χ2n) is 6.85. The number of methoxy groups -OCH3 is 1. The van der Waals surface area contributed by atoms with Crippen molar-refractivity contribution in [2.45, 2.75) is 64.6 Å². The number of carbonyl (C=O) groups is 3. The average molecular weight is 400 g/mol. The Morgan fingerprint density at radius 1 is 1.25 bits per heavy atom. The lowest BCUT2D eigenvalue weighted by Crippen LogP contribution is -2.45. The van der Waals surface area contributed by atoms with Crippen LogP contribution in [0.5, 0.6) is 0 Å². The van der Waals surface area contributed by atoms with Crippen LogP contribution < -0.4 is 10.6 Å². The zero-order valence-electron chi connectivity index (χ0n) is 17.0. The summed E-state index contributed by atoms with van der Waals surface area (Å²) >= 11 is 0. The van der Waals surface area contributed by atoms with E-state index in [2.05, 4.69) is 10.6 Å². The first-order valence-electron chi connectivity index (χ1n) is 9.58. The van der Waals surface area contributed by atoms with E-state index in [1.54, 1.807) is 6.92 Å². The zero-order chi connectivity index (χ0) is 21.1. The number of hydrogen-bond acceptors (Lipinski definition) is 8. The van der Waals surface area contributed by atoms with Crippen molar-refractivity contribution in [2.75, 3.05) is 20.2 Å². The van der Waals surface area contributed by atoms with Crippen molar-refractivity contribution < 1.29 is 33.7 Å². The van der Waals surface area contributed by atoms with Crippen LogP contribution in [0.25, 0.3) is 0 Å². The molecule has 3 N–H and O–H groups in total. The largest absolute Gasteiger partial charge is 0.457 e. The van der Waals surface area contributed by atoms with Gasteiger partial charge >= 0.3 is 11.9 Å². The second-order valence-corrected chi connectivity index (χ2v) is 6.85. The molecule has 9 heteroatoms. The van der Waals surface area contributed by atoms with Crippen LogP contribution in [0.2, 0.25) is 0 Å². The summed E-state index contributed by atoms with van der Waals surface area (Å²) in [5.41, 5.74) is 0. The predicted octanol–water partition coefficient (Wildman–Crippen LogP) is 0.265. The Hall–Kier alpha value is -1.97. The van der Waals surface area contributed by atoms with E-state index in [0.717, 1.165) is 0 Å². The third-order valence-corrected chi connectivity index (χ3v) is 4.32. The second kappa shape index (κ2) is 12.5. The predicted molar refractivity (Wildman–Crippen MR) is 101 cm³/mol. The molecule has 1 heterocycles. The molecule has 1 aliphatic heterocycles. The first-order valence-corrected chi connectivity index (χ1v) is 9.58. The van der Waals surface area contributed by atoms with E-state index in [1.807, 2.05) is 6.92 Å². The fraction of sp³-hybridized carbons (Fsp3) is 0.737. The first-order chi connectivity index (χ1) is 13.3. The maximum Gasteiger partial charge on any atom is 0.347 e. The van der Waals surface area contributed by atoms with Gasteiger partial charge in [-0.05, 0) is 19.4 Å². The van der Waals surface area contributed by atoms with Gasteiger partial charge in [0.2, 0.25) is 5.91 Å². The summed E-state index contributed by atoms with van der Waals surface area (Å²) in [7, 11) is 1.49. The highest BCUT2D eigenvalue weighted by Crippen LogP contribution is 2.14. The Balaban J connectivity index is 3.00. The van der Waals surface area contributed by atoms with Crippen molar-refractivity contribution in [3.63, 3.8) is 0 Å². The van der Waals surface area contributed by atoms with Gasteiger partial charge in [-0.15, -0.1) is 0 Å². The summed E-state index contributed by atoms with van der Waals surface area (Å²) in [6.45, 7) is 5.46. The van der Waals surface area contributed by atoms with Gasteiger partial charge in [0.15, 0.2) is 6.10 Å². The van der Waals surface area contributed by atoms with Crippen molar-refractivity contribution in [1.82, 2.24) is 10.6 Å². The Kier molecular flexibility index (Phi) is 10.7. The summed E-state index contributed by atoms with van der Waals surface area (Å²) in [6.07, 6.45) is 0.579. The van der Waals surface area contributed by atoms with E-state index in [1.165, 1.54) is 26.2 Å². The quantitative estimate of drug-likeness (QED) is 0.575. The van der Waals surface area contributed by atoms with Crippen LogP contribution in [0.1, 0.15) is 40.0 Å². The topological polar surface area (TPSA) is 123 Å².